The van der Waals surface area contributed by atoms with E-state index in [0.29, 0.717) is 19.4 Å². The van der Waals surface area contributed by atoms with Crippen LogP contribution in [-0.2, 0) is 14.8 Å². The predicted octanol–water partition coefficient (Wildman–Crippen LogP) is 1.95. The van der Waals surface area contributed by atoms with Gasteiger partial charge >= 0.3 is 0 Å². The fraction of sp³-hybridized carbons (Fsp3) is 0.556. The Balaban J connectivity index is 1.60. The van der Waals surface area contributed by atoms with Crippen LogP contribution in [0.1, 0.15) is 44.1 Å². The van der Waals surface area contributed by atoms with Crippen LogP contribution in [0.4, 0.5) is 0 Å². The minimum atomic E-state index is -3.38. The van der Waals surface area contributed by atoms with E-state index in [4.69, 9.17) is 0 Å². The molecule has 0 radical (unpaired) electrons. The second-order valence-corrected chi connectivity index (χ2v) is 8.80. The Morgan fingerprint density at radius 2 is 2.04 bits per heavy atom. The second kappa shape index (κ2) is 8.10. The molecule has 1 N–H and O–H groups in total. The first-order valence-corrected chi connectivity index (χ1v) is 10.5. The highest BCUT2D eigenvalue weighted by molar-refractivity contribution is 7.90. The van der Waals surface area contributed by atoms with Crippen LogP contribution in [0.3, 0.4) is 0 Å². The quantitative estimate of drug-likeness (QED) is 0.811. The molecule has 25 heavy (non-hydrogen) atoms. The van der Waals surface area contributed by atoms with E-state index in [1.165, 1.54) is 6.08 Å². The third kappa shape index (κ3) is 4.89. The molecule has 0 aromatic carbocycles. The molecule has 6 nitrogen and oxygen atoms in total. The maximum absolute atomic E-state index is 12.6. The maximum Gasteiger partial charge on any atom is 0.246 e. The summed E-state index contributed by atoms with van der Waals surface area (Å²) in [7, 11) is -3.38. The van der Waals surface area contributed by atoms with Gasteiger partial charge in [-0.05, 0) is 43.4 Å². The lowest BCUT2D eigenvalue weighted by atomic mass is 10.1. The fourth-order valence-electron chi connectivity index (χ4n) is 3.51. The van der Waals surface area contributed by atoms with Gasteiger partial charge in [-0.1, -0.05) is 18.9 Å². The minimum Gasteiger partial charge on any atom is -0.338 e. The van der Waals surface area contributed by atoms with Crippen molar-refractivity contribution in [1.82, 2.24) is 14.6 Å². The summed E-state index contributed by atoms with van der Waals surface area (Å²) in [4.78, 5) is 18.0. The van der Waals surface area contributed by atoms with Crippen LogP contribution in [0.5, 0.6) is 0 Å². The van der Waals surface area contributed by atoms with Crippen LogP contribution in [-0.4, -0.2) is 48.6 Å². The molecule has 1 saturated heterocycles. The van der Waals surface area contributed by atoms with Crippen molar-refractivity contribution in [2.75, 3.05) is 13.1 Å². The molecular formula is C18H25N3O3S. The Bertz CT molecular complexity index is 712. The first-order chi connectivity index (χ1) is 12.0. The van der Waals surface area contributed by atoms with E-state index in [2.05, 4.69) is 9.71 Å². The summed E-state index contributed by atoms with van der Waals surface area (Å²) in [6.45, 7) is 0.865. The third-order valence-electron chi connectivity index (χ3n) is 4.92. The lowest BCUT2D eigenvalue weighted by molar-refractivity contribution is -0.126. The highest BCUT2D eigenvalue weighted by Gasteiger charge is 2.34. The zero-order chi connectivity index (χ0) is 17.7. The van der Waals surface area contributed by atoms with Crippen molar-refractivity contribution in [2.45, 2.75) is 49.8 Å². The van der Waals surface area contributed by atoms with Crippen LogP contribution < -0.4 is 4.72 Å². The van der Waals surface area contributed by atoms with Crippen molar-refractivity contribution < 1.29 is 13.2 Å². The highest BCUT2D eigenvalue weighted by Crippen LogP contribution is 2.22. The molecule has 2 aliphatic rings. The monoisotopic (exact) mass is 363 g/mol. The van der Waals surface area contributed by atoms with Crippen LogP contribution in [0.2, 0.25) is 0 Å². The normalized spacial score (nSPS) is 22.6. The first kappa shape index (κ1) is 18.1. The van der Waals surface area contributed by atoms with Crippen molar-refractivity contribution in [3.63, 3.8) is 0 Å². The molecule has 1 aromatic rings. The van der Waals surface area contributed by atoms with Crippen molar-refractivity contribution in [3.8, 4) is 0 Å². The van der Waals surface area contributed by atoms with E-state index in [1.54, 1.807) is 23.4 Å². The molecule has 1 atom stereocenters. The first-order valence-electron chi connectivity index (χ1n) is 8.93. The smallest absolute Gasteiger partial charge is 0.246 e. The van der Waals surface area contributed by atoms with Gasteiger partial charge in [-0.25, -0.2) is 13.1 Å². The number of pyridine rings is 1. The van der Waals surface area contributed by atoms with Crippen molar-refractivity contribution >= 4 is 22.0 Å². The van der Waals surface area contributed by atoms with Gasteiger partial charge in [-0.2, -0.15) is 0 Å². The molecule has 0 bridgehead atoms. The van der Waals surface area contributed by atoms with E-state index in [1.807, 2.05) is 12.1 Å². The Morgan fingerprint density at radius 3 is 2.76 bits per heavy atom. The summed E-state index contributed by atoms with van der Waals surface area (Å²) >= 11 is 0. The molecule has 1 unspecified atom stereocenters. The molecule has 2 heterocycles. The molecule has 1 saturated carbocycles. The van der Waals surface area contributed by atoms with Gasteiger partial charge in [0.2, 0.25) is 15.9 Å². The van der Waals surface area contributed by atoms with Gasteiger partial charge < -0.3 is 4.90 Å². The van der Waals surface area contributed by atoms with Gasteiger partial charge in [-0.3, -0.25) is 9.78 Å². The average molecular weight is 363 g/mol. The Kier molecular flexibility index (Phi) is 5.86. The summed E-state index contributed by atoms with van der Waals surface area (Å²) in [5, 5.41) is -0.516. The van der Waals surface area contributed by atoms with E-state index < -0.39 is 15.3 Å². The zero-order valence-corrected chi connectivity index (χ0v) is 15.1. The van der Waals surface area contributed by atoms with E-state index in [9.17, 15) is 13.2 Å². The summed E-state index contributed by atoms with van der Waals surface area (Å²) in [6.07, 6.45) is 11.9. The predicted molar refractivity (Wildman–Crippen MR) is 97.2 cm³/mol. The minimum absolute atomic E-state index is 0.0709. The number of carbonyl (C=O) groups excluding carboxylic acids is 1. The Hall–Kier alpha value is -1.73. The van der Waals surface area contributed by atoms with Gasteiger partial charge in [-0.15, -0.1) is 0 Å². The van der Waals surface area contributed by atoms with Gasteiger partial charge in [0.15, 0.2) is 0 Å². The molecular weight excluding hydrogens is 338 g/mol. The van der Waals surface area contributed by atoms with Crippen LogP contribution in [0.25, 0.3) is 6.08 Å². The largest absolute Gasteiger partial charge is 0.338 e. The molecule has 1 amide bonds. The number of nitrogens with zero attached hydrogens (tertiary/aromatic N) is 2. The van der Waals surface area contributed by atoms with E-state index in [0.717, 1.165) is 31.2 Å². The number of likely N-dealkylation sites (tertiary alicyclic amines) is 1. The standard InChI is InChI=1S/C18H25N3O3S/c22-18(10-9-15-5-3-11-19-13-15)21-12-4-8-17(14-21)25(23,24)20-16-6-1-2-7-16/h3,5,9-11,13,16-17,20H,1-2,4,6-8,12,14H2. The number of sulfonamides is 1. The Morgan fingerprint density at radius 1 is 1.24 bits per heavy atom. The molecule has 1 aliphatic carbocycles. The summed E-state index contributed by atoms with van der Waals surface area (Å²) in [6, 6.07) is 3.75. The lowest BCUT2D eigenvalue weighted by Crippen LogP contribution is -2.49. The topological polar surface area (TPSA) is 79.4 Å². The number of carbonyl (C=O) groups is 1. The number of amides is 1. The molecule has 136 valence electrons. The SMILES string of the molecule is O=C(C=Cc1cccnc1)N1CCCC(S(=O)(=O)NC2CCCC2)C1. The lowest BCUT2D eigenvalue weighted by Gasteiger charge is -2.32. The maximum atomic E-state index is 12.6. The second-order valence-electron chi connectivity index (χ2n) is 6.81. The molecule has 1 aliphatic heterocycles. The van der Waals surface area contributed by atoms with Gasteiger partial charge in [0.25, 0.3) is 0 Å². The van der Waals surface area contributed by atoms with Crippen LogP contribution in [0.15, 0.2) is 30.6 Å². The summed E-state index contributed by atoms with van der Waals surface area (Å²) in [5.74, 6) is -0.149. The number of hydrogen-bond donors (Lipinski definition) is 1. The summed E-state index contributed by atoms with van der Waals surface area (Å²) in [5.41, 5.74) is 0.847. The summed E-state index contributed by atoms with van der Waals surface area (Å²) < 4.78 is 28.1. The van der Waals surface area contributed by atoms with Crippen molar-refractivity contribution in [1.29, 1.82) is 0 Å². The average Bonchev–Trinajstić information content (AvgIpc) is 3.13. The molecule has 0 spiro atoms. The van der Waals surface area contributed by atoms with Gasteiger partial charge in [0.1, 0.15) is 0 Å². The van der Waals surface area contributed by atoms with Crippen LogP contribution in [0, 0.1) is 0 Å². The highest BCUT2D eigenvalue weighted by atomic mass is 32.2. The molecule has 7 heteroatoms. The van der Waals surface area contributed by atoms with Crippen molar-refractivity contribution in [2.24, 2.45) is 0 Å². The number of aromatic nitrogens is 1. The number of nitrogens with one attached hydrogen (secondary N) is 1. The number of piperidine rings is 1. The molecule has 1 aromatic heterocycles. The fourth-order valence-corrected chi connectivity index (χ4v) is 5.26. The van der Waals surface area contributed by atoms with Gasteiger partial charge in [0.05, 0.1) is 5.25 Å². The third-order valence-corrected chi connectivity index (χ3v) is 6.84. The number of hydrogen-bond acceptors (Lipinski definition) is 4. The van der Waals surface area contributed by atoms with Crippen LogP contribution >= 0.6 is 0 Å². The molecule has 3 rings (SSSR count). The molecule has 2 fully saturated rings. The zero-order valence-electron chi connectivity index (χ0n) is 14.3. The van der Waals surface area contributed by atoms with E-state index in [-0.39, 0.29) is 18.5 Å². The Labute approximate surface area is 149 Å². The number of rotatable bonds is 5. The van der Waals surface area contributed by atoms with E-state index >= 15 is 0 Å². The van der Waals surface area contributed by atoms with Crippen molar-refractivity contribution in [3.05, 3.63) is 36.2 Å². The van der Waals surface area contributed by atoms with Gasteiger partial charge in [0, 0.05) is 37.6 Å².